The molecule has 11 heteroatoms. The summed E-state index contributed by atoms with van der Waals surface area (Å²) in [5.74, 6) is -0.982. The van der Waals surface area contributed by atoms with Crippen LogP contribution in [-0.2, 0) is 20.0 Å². The molecule has 0 aliphatic heterocycles. The molecule has 4 rings (SSSR count). The van der Waals surface area contributed by atoms with Gasteiger partial charge in [0.25, 0.3) is 20.0 Å². The van der Waals surface area contributed by atoms with Crippen molar-refractivity contribution in [1.29, 1.82) is 0 Å². The topological polar surface area (TPSA) is 87.7 Å². The number of fused-ring (bicyclic) bond motifs is 1. The number of sulfonamides is 2. The van der Waals surface area contributed by atoms with Crippen molar-refractivity contribution in [3.05, 3.63) is 90.6 Å². The molecule has 0 unspecified atom stereocenters. The van der Waals surface area contributed by atoms with Crippen LogP contribution in [0.1, 0.15) is 26.7 Å². The van der Waals surface area contributed by atoms with E-state index in [2.05, 4.69) is 4.98 Å². The summed E-state index contributed by atoms with van der Waals surface area (Å²) in [5, 5.41) is 0.909. The van der Waals surface area contributed by atoms with Crippen molar-refractivity contribution in [2.45, 2.75) is 36.5 Å². The van der Waals surface area contributed by atoms with Crippen molar-refractivity contribution < 1.29 is 25.6 Å². The minimum atomic E-state index is -4.11. The van der Waals surface area contributed by atoms with Gasteiger partial charge in [-0.25, -0.2) is 34.9 Å². The van der Waals surface area contributed by atoms with Gasteiger partial charge in [0.1, 0.15) is 17.5 Å². The Morgan fingerprint density at radius 3 is 1.61 bits per heavy atom. The van der Waals surface area contributed by atoms with Crippen molar-refractivity contribution in [3.8, 4) is 0 Å². The van der Waals surface area contributed by atoms with Gasteiger partial charge in [0.05, 0.1) is 21.7 Å². The second-order valence-electron chi connectivity index (χ2n) is 8.57. The Hall–Kier alpha value is -3.57. The Morgan fingerprint density at radius 2 is 1.11 bits per heavy atom. The number of hydrogen-bond donors (Lipinski definition) is 0. The van der Waals surface area contributed by atoms with E-state index >= 15 is 0 Å². The summed E-state index contributed by atoms with van der Waals surface area (Å²) in [5.41, 5.74) is 0.270. The van der Waals surface area contributed by atoms with Gasteiger partial charge in [0.15, 0.2) is 0 Å². The molecule has 0 aliphatic rings. The summed E-state index contributed by atoms with van der Waals surface area (Å²) in [7, 11) is -8.19. The fourth-order valence-corrected chi connectivity index (χ4v) is 7.24. The van der Waals surface area contributed by atoms with E-state index in [1.165, 1.54) is 34.8 Å². The number of halogens is 2. The highest BCUT2D eigenvalue weighted by Gasteiger charge is 2.30. The Labute approximate surface area is 221 Å². The molecule has 0 spiro atoms. The number of anilines is 2. The van der Waals surface area contributed by atoms with E-state index in [9.17, 15) is 25.6 Å². The molecule has 1 aromatic heterocycles. The van der Waals surface area contributed by atoms with Crippen LogP contribution in [-0.4, -0.2) is 34.9 Å². The molecule has 4 aromatic rings. The summed E-state index contributed by atoms with van der Waals surface area (Å²) in [6, 6.07) is 15.9. The van der Waals surface area contributed by atoms with Crippen LogP contribution < -0.4 is 8.61 Å². The lowest BCUT2D eigenvalue weighted by Crippen LogP contribution is -2.34. The molecule has 0 radical (unpaired) electrons. The molecule has 0 amide bonds. The van der Waals surface area contributed by atoms with E-state index in [0.29, 0.717) is 23.6 Å². The van der Waals surface area contributed by atoms with Crippen LogP contribution in [0.4, 0.5) is 20.3 Å². The molecule has 0 bridgehead atoms. The molecule has 0 fully saturated rings. The molecule has 0 atom stereocenters. The maximum atomic E-state index is 13.6. The highest BCUT2D eigenvalue weighted by atomic mass is 32.2. The van der Waals surface area contributed by atoms with Crippen LogP contribution >= 0.6 is 0 Å². The van der Waals surface area contributed by atoms with Crippen molar-refractivity contribution >= 4 is 42.3 Å². The first-order chi connectivity index (χ1) is 18.1. The number of nitrogens with zero attached hydrogens (tertiary/aromatic N) is 3. The third kappa shape index (κ3) is 5.21. The predicted octanol–water partition coefficient (Wildman–Crippen LogP) is 5.72. The van der Waals surface area contributed by atoms with Gasteiger partial charge < -0.3 is 0 Å². The monoisotopic (exact) mass is 559 g/mol. The van der Waals surface area contributed by atoms with Gasteiger partial charge in [-0.2, -0.15) is 0 Å². The summed E-state index contributed by atoms with van der Waals surface area (Å²) < 4.78 is 83.7. The van der Waals surface area contributed by atoms with Gasteiger partial charge in [-0.1, -0.05) is 38.1 Å². The van der Waals surface area contributed by atoms with E-state index < -0.39 is 31.7 Å². The zero-order valence-electron chi connectivity index (χ0n) is 20.9. The molecule has 0 N–H and O–H groups in total. The third-order valence-electron chi connectivity index (χ3n) is 5.91. The molecule has 7 nitrogen and oxygen atoms in total. The first-order valence-electron chi connectivity index (χ1n) is 12.1. The maximum Gasteiger partial charge on any atom is 0.265 e. The van der Waals surface area contributed by atoms with Gasteiger partial charge in [-0.05, 0) is 61.4 Å². The minimum Gasteiger partial charge on any atom is -0.264 e. The normalized spacial score (nSPS) is 12.0. The van der Waals surface area contributed by atoms with E-state index in [4.69, 9.17) is 0 Å². The first-order valence-corrected chi connectivity index (χ1v) is 14.9. The molecule has 200 valence electrons. The Balaban J connectivity index is 1.90. The van der Waals surface area contributed by atoms with E-state index in [-0.39, 0.29) is 34.4 Å². The van der Waals surface area contributed by atoms with Crippen LogP contribution in [0.5, 0.6) is 0 Å². The summed E-state index contributed by atoms with van der Waals surface area (Å²) in [6.07, 6.45) is 2.30. The summed E-state index contributed by atoms with van der Waals surface area (Å²) in [4.78, 5) is 4.30. The smallest absolute Gasteiger partial charge is 0.264 e. The second-order valence-corrected chi connectivity index (χ2v) is 12.3. The molecular weight excluding hydrogens is 532 g/mol. The van der Waals surface area contributed by atoms with Gasteiger partial charge in [-0.15, -0.1) is 0 Å². The largest absolute Gasteiger partial charge is 0.265 e. The lowest BCUT2D eigenvalue weighted by molar-refractivity contribution is 0.586. The third-order valence-corrected chi connectivity index (χ3v) is 9.55. The minimum absolute atomic E-state index is 0.0768. The SMILES string of the molecule is CCCN(c1cnc(N(CCC)S(=O)(=O)c2ccc(F)cc2)c2ccccc12)S(=O)(=O)c1ccc(F)cc1. The van der Waals surface area contributed by atoms with Gasteiger partial charge >= 0.3 is 0 Å². The molecule has 3 aromatic carbocycles. The van der Waals surface area contributed by atoms with E-state index in [1.807, 2.05) is 13.8 Å². The van der Waals surface area contributed by atoms with Gasteiger partial charge in [0.2, 0.25) is 0 Å². The lowest BCUT2D eigenvalue weighted by Gasteiger charge is -2.28. The van der Waals surface area contributed by atoms with Crippen LogP contribution in [0, 0.1) is 11.6 Å². The molecule has 38 heavy (non-hydrogen) atoms. The second kappa shape index (κ2) is 11.0. The number of rotatable bonds is 10. The first kappa shape index (κ1) is 27.5. The van der Waals surface area contributed by atoms with Gasteiger partial charge in [0, 0.05) is 23.9 Å². The fraction of sp³-hybridized carbons (Fsp3) is 0.222. The zero-order valence-corrected chi connectivity index (χ0v) is 22.5. The van der Waals surface area contributed by atoms with Crippen molar-refractivity contribution in [3.63, 3.8) is 0 Å². The standard InChI is InChI=1S/C27H27F2N3O4S2/c1-3-17-31(37(33,34)22-13-9-20(28)10-14-22)26-19-30-27(25-8-6-5-7-24(25)26)32(18-4-2)38(35,36)23-15-11-21(29)12-16-23/h5-16,19H,3-4,17-18H2,1-2H3. The fourth-order valence-electron chi connectivity index (χ4n) is 4.14. The lowest BCUT2D eigenvalue weighted by atomic mass is 10.1. The molecule has 0 saturated carbocycles. The van der Waals surface area contributed by atoms with Gasteiger partial charge in [-0.3, -0.25) is 4.31 Å². The van der Waals surface area contributed by atoms with Crippen LogP contribution in [0.3, 0.4) is 0 Å². The highest BCUT2D eigenvalue weighted by molar-refractivity contribution is 7.93. The molecule has 0 saturated heterocycles. The number of benzene rings is 3. The van der Waals surface area contributed by atoms with Crippen LogP contribution in [0.25, 0.3) is 10.8 Å². The van der Waals surface area contributed by atoms with Crippen LogP contribution in [0.2, 0.25) is 0 Å². The summed E-state index contributed by atoms with van der Waals surface area (Å²) in [6.45, 7) is 3.87. The number of aromatic nitrogens is 1. The summed E-state index contributed by atoms with van der Waals surface area (Å²) >= 11 is 0. The van der Waals surface area contributed by atoms with E-state index in [1.54, 1.807) is 24.3 Å². The van der Waals surface area contributed by atoms with Crippen molar-refractivity contribution in [2.24, 2.45) is 0 Å². The Kier molecular flexibility index (Phi) is 7.98. The number of hydrogen-bond acceptors (Lipinski definition) is 5. The molecule has 1 heterocycles. The zero-order chi connectivity index (χ0) is 27.5. The Bertz CT molecular complexity index is 1520. The Morgan fingerprint density at radius 1 is 0.658 bits per heavy atom. The molecular formula is C27H27F2N3O4S2. The van der Waals surface area contributed by atoms with Crippen LogP contribution in [0.15, 0.2) is 88.8 Å². The number of pyridine rings is 1. The quantitative estimate of drug-likeness (QED) is 0.248. The molecule has 0 aliphatic carbocycles. The average Bonchev–Trinajstić information content (AvgIpc) is 2.90. The van der Waals surface area contributed by atoms with Crippen molar-refractivity contribution in [1.82, 2.24) is 4.98 Å². The maximum absolute atomic E-state index is 13.6. The van der Waals surface area contributed by atoms with Crippen molar-refractivity contribution in [2.75, 3.05) is 21.7 Å². The average molecular weight is 560 g/mol. The highest BCUT2D eigenvalue weighted by Crippen LogP contribution is 2.37. The predicted molar refractivity (Wildman–Crippen MR) is 144 cm³/mol. The van der Waals surface area contributed by atoms with E-state index in [0.717, 1.165) is 28.6 Å².